The van der Waals surface area contributed by atoms with E-state index in [0.29, 0.717) is 25.2 Å². The second-order valence-electron chi connectivity index (χ2n) is 7.49. The molecule has 2 saturated heterocycles. The largest absolute Gasteiger partial charge is 0.338 e. The lowest BCUT2D eigenvalue weighted by Gasteiger charge is -2.40. The van der Waals surface area contributed by atoms with Gasteiger partial charge in [-0.25, -0.2) is 0 Å². The van der Waals surface area contributed by atoms with Crippen LogP contribution in [-0.2, 0) is 4.79 Å². The standard InChI is InChI=1S/C22H26N4O2/c27-21(17-6-2-1-3-7-17)25-12-5-9-19(16-25)22(28)26-13-11-24-15-20(26)18-8-4-10-23-14-18/h1-4,6-8,10,14,19-20,24H,5,9,11-13,15-16H2. The first-order valence-corrected chi connectivity index (χ1v) is 9.99. The number of aromatic nitrogens is 1. The van der Waals surface area contributed by atoms with Gasteiger partial charge in [-0.3, -0.25) is 14.6 Å². The summed E-state index contributed by atoms with van der Waals surface area (Å²) in [6, 6.07) is 13.3. The van der Waals surface area contributed by atoms with Crippen molar-refractivity contribution in [3.63, 3.8) is 0 Å². The molecule has 1 aromatic heterocycles. The van der Waals surface area contributed by atoms with Gasteiger partial charge in [0.05, 0.1) is 12.0 Å². The summed E-state index contributed by atoms with van der Waals surface area (Å²) in [4.78, 5) is 34.2. The highest BCUT2D eigenvalue weighted by Gasteiger charge is 2.35. The zero-order chi connectivity index (χ0) is 19.3. The summed E-state index contributed by atoms with van der Waals surface area (Å²) in [6.45, 7) is 3.42. The van der Waals surface area contributed by atoms with E-state index in [9.17, 15) is 9.59 Å². The van der Waals surface area contributed by atoms with Crippen LogP contribution < -0.4 is 5.32 Å². The predicted molar refractivity (Wildman–Crippen MR) is 107 cm³/mol. The first-order chi connectivity index (χ1) is 13.7. The third-order valence-electron chi connectivity index (χ3n) is 5.67. The fraction of sp³-hybridized carbons (Fsp3) is 0.409. The lowest BCUT2D eigenvalue weighted by atomic mass is 9.94. The van der Waals surface area contributed by atoms with Crippen molar-refractivity contribution in [2.45, 2.75) is 18.9 Å². The molecular formula is C22H26N4O2. The molecule has 2 amide bonds. The van der Waals surface area contributed by atoms with Crippen molar-refractivity contribution in [2.75, 3.05) is 32.7 Å². The van der Waals surface area contributed by atoms with Crippen molar-refractivity contribution in [2.24, 2.45) is 5.92 Å². The van der Waals surface area contributed by atoms with Gasteiger partial charge >= 0.3 is 0 Å². The Labute approximate surface area is 165 Å². The molecule has 2 aromatic rings. The molecule has 1 N–H and O–H groups in total. The number of piperidine rings is 1. The maximum Gasteiger partial charge on any atom is 0.253 e. The van der Waals surface area contributed by atoms with Gasteiger partial charge in [0, 0.05) is 50.7 Å². The van der Waals surface area contributed by atoms with Crippen molar-refractivity contribution in [3.05, 3.63) is 66.0 Å². The first-order valence-electron chi connectivity index (χ1n) is 9.99. The quantitative estimate of drug-likeness (QED) is 0.888. The molecule has 3 heterocycles. The number of amides is 2. The Morgan fingerprint density at radius 2 is 1.93 bits per heavy atom. The highest BCUT2D eigenvalue weighted by atomic mass is 16.2. The molecular weight excluding hydrogens is 352 g/mol. The zero-order valence-electron chi connectivity index (χ0n) is 16.0. The molecule has 2 fully saturated rings. The van der Waals surface area contributed by atoms with Crippen LogP contribution in [0, 0.1) is 5.92 Å². The Hall–Kier alpha value is -2.73. The number of carbonyl (C=O) groups is 2. The molecule has 4 rings (SSSR count). The Kier molecular flexibility index (Phi) is 5.67. The van der Waals surface area contributed by atoms with Gasteiger partial charge in [-0.15, -0.1) is 0 Å². The highest BCUT2D eigenvalue weighted by Crippen LogP contribution is 2.27. The van der Waals surface area contributed by atoms with Gasteiger partial charge in [-0.05, 0) is 36.6 Å². The van der Waals surface area contributed by atoms with Crippen LogP contribution in [0.1, 0.15) is 34.8 Å². The van der Waals surface area contributed by atoms with Crippen molar-refractivity contribution in [3.8, 4) is 0 Å². The number of benzene rings is 1. The number of nitrogens with one attached hydrogen (secondary N) is 1. The normalized spacial score (nSPS) is 22.7. The molecule has 0 aliphatic carbocycles. The van der Waals surface area contributed by atoms with E-state index >= 15 is 0 Å². The van der Waals surface area contributed by atoms with E-state index in [0.717, 1.165) is 31.5 Å². The summed E-state index contributed by atoms with van der Waals surface area (Å²) in [6.07, 6.45) is 5.28. The Morgan fingerprint density at radius 1 is 1.07 bits per heavy atom. The number of likely N-dealkylation sites (tertiary alicyclic amines) is 1. The second-order valence-corrected chi connectivity index (χ2v) is 7.49. The van der Waals surface area contributed by atoms with Crippen LogP contribution >= 0.6 is 0 Å². The molecule has 28 heavy (non-hydrogen) atoms. The van der Waals surface area contributed by atoms with Crippen LogP contribution in [0.2, 0.25) is 0 Å². The molecule has 0 saturated carbocycles. The van der Waals surface area contributed by atoms with E-state index < -0.39 is 0 Å². The molecule has 0 spiro atoms. The minimum Gasteiger partial charge on any atom is -0.338 e. The Morgan fingerprint density at radius 3 is 2.71 bits per heavy atom. The minimum atomic E-state index is -0.140. The SMILES string of the molecule is O=C(c1ccccc1)N1CCCC(C(=O)N2CCNCC2c2cccnc2)C1. The molecule has 2 aliphatic heterocycles. The zero-order valence-corrected chi connectivity index (χ0v) is 16.0. The molecule has 146 valence electrons. The summed E-state index contributed by atoms with van der Waals surface area (Å²) in [5.74, 6) is 0.0295. The minimum absolute atomic E-state index is 0.00449. The van der Waals surface area contributed by atoms with Crippen LogP contribution in [-0.4, -0.2) is 59.3 Å². The number of pyridine rings is 1. The third-order valence-corrected chi connectivity index (χ3v) is 5.67. The fourth-order valence-electron chi connectivity index (χ4n) is 4.20. The maximum atomic E-state index is 13.4. The van der Waals surface area contributed by atoms with E-state index in [1.54, 1.807) is 6.20 Å². The fourth-order valence-corrected chi connectivity index (χ4v) is 4.20. The number of carbonyl (C=O) groups excluding carboxylic acids is 2. The smallest absolute Gasteiger partial charge is 0.253 e. The van der Waals surface area contributed by atoms with Gasteiger partial charge in [0.1, 0.15) is 0 Å². The molecule has 2 atom stereocenters. The van der Waals surface area contributed by atoms with E-state index in [1.807, 2.05) is 58.5 Å². The van der Waals surface area contributed by atoms with Gasteiger partial charge in [-0.2, -0.15) is 0 Å². The van der Waals surface area contributed by atoms with E-state index in [1.165, 1.54) is 0 Å². The number of piperazine rings is 1. The molecule has 2 unspecified atom stereocenters. The Balaban J connectivity index is 1.48. The summed E-state index contributed by atoms with van der Waals surface area (Å²) in [7, 11) is 0. The van der Waals surface area contributed by atoms with Crippen molar-refractivity contribution >= 4 is 11.8 Å². The van der Waals surface area contributed by atoms with Gasteiger partial charge < -0.3 is 15.1 Å². The van der Waals surface area contributed by atoms with Crippen molar-refractivity contribution in [1.29, 1.82) is 0 Å². The number of hydrogen-bond acceptors (Lipinski definition) is 4. The van der Waals surface area contributed by atoms with Crippen LogP contribution in [0.15, 0.2) is 54.9 Å². The molecule has 0 bridgehead atoms. The van der Waals surface area contributed by atoms with Gasteiger partial charge in [-0.1, -0.05) is 24.3 Å². The molecule has 0 radical (unpaired) electrons. The molecule has 2 aliphatic rings. The molecule has 1 aromatic carbocycles. The van der Waals surface area contributed by atoms with E-state index in [2.05, 4.69) is 10.3 Å². The molecule has 6 heteroatoms. The van der Waals surface area contributed by atoms with Crippen LogP contribution in [0.3, 0.4) is 0 Å². The van der Waals surface area contributed by atoms with E-state index in [4.69, 9.17) is 0 Å². The van der Waals surface area contributed by atoms with Gasteiger partial charge in [0.2, 0.25) is 5.91 Å². The summed E-state index contributed by atoms with van der Waals surface area (Å²) in [5.41, 5.74) is 1.74. The van der Waals surface area contributed by atoms with Gasteiger partial charge in [0.15, 0.2) is 0 Å². The average molecular weight is 378 g/mol. The first kappa shape index (κ1) is 18.6. The van der Waals surface area contributed by atoms with E-state index in [-0.39, 0.29) is 23.8 Å². The summed E-state index contributed by atoms with van der Waals surface area (Å²) in [5, 5.41) is 3.38. The van der Waals surface area contributed by atoms with Crippen LogP contribution in [0.25, 0.3) is 0 Å². The van der Waals surface area contributed by atoms with Crippen molar-refractivity contribution < 1.29 is 9.59 Å². The average Bonchev–Trinajstić information content (AvgIpc) is 2.79. The number of rotatable bonds is 3. The lowest BCUT2D eigenvalue weighted by molar-refractivity contribution is -0.140. The lowest BCUT2D eigenvalue weighted by Crippen LogP contribution is -2.53. The predicted octanol–water partition coefficient (Wildman–Crippen LogP) is 2.11. The maximum absolute atomic E-state index is 13.4. The molecule has 6 nitrogen and oxygen atoms in total. The van der Waals surface area contributed by atoms with Crippen LogP contribution in [0.5, 0.6) is 0 Å². The van der Waals surface area contributed by atoms with Crippen LogP contribution in [0.4, 0.5) is 0 Å². The topological polar surface area (TPSA) is 65.5 Å². The highest BCUT2D eigenvalue weighted by molar-refractivity contribution is 5.94. The van der Waals surface area contributed by atoms with Crippen molar-refractivity contribution in [1.82, 2.24) is 20.1 Å². The second kappa shape index (κ2) is 8.52. The summed E-state index contributed by atoms with van der Waals surface area (Å²) >= 11 is 0. The summed E-state index contributed by atoms with van der Waals surface area (Å²) < 4.78 is 0. The monoisotopic (exact) mass is 378 g/mol. The number of nitrogens with zero attached hydrogens (tertiary/aromatic N) is 3. The third kappa shape index (κ3) is 3.92. The van der Waals surface area contributed by atoms with Gasteiger partial charge in [0.25, 0.3) is 5.91 Å². The Bertz CT molecular complexity index is 812. The number of hydrogen-bond donors (Lipinski definition) is 1.